The van der Waals surface area contributed by atoms with Gasteiger partial charge in [-0.1, -0.05) is 25.1 Å². The molecule has 5 heteroatoms. The first-order valence-electron chi connectivity index (χ1n) is 7.52. The van der Waals surface area contributed by atoms with Crippen LogP contribution in [-0.2, 0) is 11.8 Å². The summed E-state index contributed by atoms with van der Waals surface area (Å²) in [7, 11) is 3.57. The average molecular weight is 299 g/mol. The molecule has 0 aliphatic heterocycles. The molecule has 1 amide bonds. The van der Waals surface area contributed by atoms with Gasteiger partial charge in [0.25, 0.3) is 0 Å². The standard InChI is InChI=1S/C17H21N3O2/c1-11-10-13(11)17(21)19-15(16-18-8-9-20(16)2)12-6-4-5-7-14(12)22-3/h4-9,11,13,15H,10H2,1-3H3,(H,19,21). The summed E-state index contributed by atoms with van der Waals surface area (Å²) in [6, 6.07) is 7.42. The molecule has 1 fully saturated rings. The Balaban J connectivity index is 1.96. The van der Waals surface area contributed by atoms with Crippen LogP contribution in [0.3, 0.4) is 0 Å². The maximum absolute atomic E-state index is 12.4. The van der Waals surface area contributed by atoms with E-state index in [2.05, 4.69) is 17.2 Å². The number of carbonyl (C=O) groups is 1. The number of nitrogens with one attached hydrogen (secondary N) is 1. The molecule has 0 saturated heterocycles. The van der Waals surface area contributed by atoms with Crippen molar-refractivity contribution in [1.29, 1.82) is 0 Å². The molecule has 1 heterocycles. The van der Waals surface area contributed by atoms with Gasteiger partial charge in [0.05, 0.1) is 7.11 Å². The molecule has 0 spiro atoms. The number of imidazole rings is 1. The lowest BCUT2D eigenvalue weighted by atomic mass is 10.0. The van der Waals surface area contributed by atoms with E-state index in [1.165, 1.54) is 0 Å². The number of carbonyl (C=O) groups excluding carboxylic acids is 1. The van der Waals surface area contributed by atoms with Crippen molar-refractivity contribution < 1.29 is 9.53 Å². The van der Waals surface area contributed by atoms with Crippen LogP contribution in [0.1, 0.15) is 30.8 Å². The summed E-state index contributed by atoms with van der Waals surface area (Å²) in [5.74, 6) is 2.23. The third-order valence-corrected chi connectivity index (χ3v) is 4.30. The zero-order valence-corrected chi connectivity index (χ0v) is 13.1. The van der Waals surface area contributed by atoms with E-state index >= 15 is 0 Å². The molecule has 3 rings (SSSR count). The Kier molecular flexibility index (Phi) is 3.88. The summed E-state index contributed by atoms with van der Waals surface area (Å²) in [6.45, 7) is 2.10. The van der Waals surface area contributed by atoms with Crippen LogP contribution in [0.25, 0.3) is 0 Å². The number of para-hydroxylation sites is 1. The number of aromatic nitrogens is 2. The number of methoxy groups -OCH3 is 1. The number of aryl methyl sites for hydroxylation is 1. The van der Waals surface area contributed by atoms with Gasteiger partial charge < -0.3 is 14.6 Å². The number of hydrogen-bond acceptors (Lipinski definition) is 3. The molecule has 22 heavy (non-hydrogen) atoms. The second-order valence-corrected chi connectivity index (χ2v) is 5.90. The molecule has 3 unspecified atom stereocenters. The molecule has 1 aliphatic carbocycles. The third-order valence-electron chi connectivity index (χ3n) is 4.30. The van der Waals surface area contributed by atoms with E-state index < -0.39 is 0 Å². The van der Waals surface area contributed by atoms with Gasteiger partial charge in [-0.05, 0) is 18.4 Å². The summed E-state index contributed by atoms with van der Waals surface area (Å²) >= 11 is 0. The van der Waals surface area contributed by atoms with Gasteiger partial charge in [-0.3, -0.25) is 4.79 Å². The van der Waals surface area contributed by atoms with E-state index in [9.17, 15) is 4.79 Å². The third kappa shape index (κ3) is 2.71. The summed E-state index contributed by atoms with van der Waals surface area (Å²) in [5, 5.41) is 3.14. The van der Waals surface area contributed by atoms with Crippen LogP contribution in [0, 0.1) is 11.8 Å². The number of rotatable bonds is 5. The number of ether oxygens (including phenoxy) is 1. The van der Waals surface area contributed by atoms with Crippen LogP contribution in [0.2, 0.25) is 0 Å². The van der Waals surface area contributed by atoms with Crippen molar-refractivity contribution in [2.75, 3.05) is 7.11 Å². The number of hydrogen-bond donors (Lipinski definition) is 1. The normalized spacial score (nSPS) is 21.2. The van der Waals surface area contributed by atoms with Crippen molar-refractivity contribution in [3.63, 3.8) is 0 Å². The molecule has 5 nitrogen and oxygen atoms in total. The van der Waals surface area contributed by atoms with Gasteiger partial charge in [0.1, 0.15) is 17.6 Å². The fraction of sp³-hybridized carbons (Fsp3) is 0.412. The Morgan fingerprint density at radius 3 is 2.77 bits per heavy atom. The molecule has 1 aromatic heterocycles. The summed E-state index contributed by atoms with van der Waals surface area (Å²) in [4.78, 5) is 16.8. The highest BCUT2D eigenvalue weighted by Gasteiger charge is 2.40. The van der Waals surface area contributed by atoms with E-state index in [0.29, 0.717) is 5.92 Å². The van der Waals surface area contributed by atoms with E-state index in [0.717, 1.165) is 23.6 Å². The fourth-order valence-electron chi connectivity index (χ4n) is 2.78. The summed E-state index contributed by atoms with van der Waals surface area (Å²) in [5.41, 5.74) is 0.918. The smallest absolute Gasteiger partial charge is 0.224 e. The second-order valence-electron chi connectivity index (χ2n) is 5.90. The first kappa shape index (κ1) is 14.6. The first-order chi connectivity index (χ1) is 10.6. The van der Waals surface area contributed by atoms with Crippen molar-refractivity contribution >= 4 is 5.91 Å². The lowest BCUT2D eigenvalue weighted by Gasteiger charge is -2.21. The number of benzene rings is 1. The SMILES string of the molecule is COc1ccccc1C(NC(=O)C1CC1C)c1nccn1C. The highest BCUT2D eigenvalue weighted by atomic mass is 16.5. The topological polar surface area (TPSA) is 56.1 Å². The molecule has 1 aliphatic rings. The second kappa shape index (κ2) is 5.83. The van der Waals surface area contributed by atoms with Crippen molar-refractivity contribution in [2.24, 2.45) is 18.9 Å². The van der Waals surface area contributed by atoms with Crippen LogP contribution >= 0.6 is 0 Å². The molecule has 0 bridgehead atoms. The van der Waals surface area contributed by atoms with Crippen LogP contribution in [0.15, 0.2) is 36.7 Å². The van der Waals surface area contributed by atoms with Crippen molar-refractivity contribution in [3.8, 4) is 5.75 Å². The van der Waals surface area contributed by atoms with Gasteiger partial charge >= 0.3 is 0 Å². The zero-order valence-electron chi connectivity index (χ0n) is 13.1. The Hall–Kier alpha value is -2.30. The van der Waals surface area contributed by atoms with Gasteiger partial charge in [0.2, 0.25) is 5.91 Å². The average Bonchev–Trinajstić information content (AvgIpc) is 3.11. The predicted molar refractivity (Wildman–Crippen MR) is 83.5 cm³/mol. The van der Waals surface area contributed by atoms with Crippen LogP contribution in [-0.4, -0.2) is 22.6 Å². The maximum Gasteiger partial charge on any atom is 0.224 e. The Morgan fingerprint density at radius 1 is 1.45 bits per heavy atom. The highest BCUT2D eigenvalue weighted by molar-refractivity contribution is 5.82. The van der Waals surface area contributed by atoms with Crippen molar-refractivity contribution in [1.82, 2.24) is 14.9 Å². The minimum atomic E-state index is -0.309. The van der Waals surface area contributed by atoms with Gasteiger partial charge in [-0.15, -0.1) is 0 Å². The van der Waals surface area contributed by atoms with E-state index in [-0.39, 0.29) is 17.9 Å². The molecule has 0 radical (unpaired) electrons. The quantitative estimate of drug-likeness (QED) is 0.921. The summed E-state index contributed by atoms with van der Waals surface area (Å²) < 4.78 is 7.38. The summed E-state index contributed by atoms with van der Waals surface area (Å²) in [6.07, 6.45) is 4.58. The first-order valence-corrected chi connectivity index (χ1v) is 7.52. The molecule has 1 saturated carbocycles. The Labute approximate surface area is 130 Å². The molecule has 1 N–H and O–H groups in total. The van der Waals surface area contributed by atoms with Crippen molar-refractivity contribution in [3.05, 3.63) is 48.0 Å². The minimum Gasteiger partial charge on any atom is -0.496 e. The molecular formula is C17H21N3O2. The maximum atomic E-state index is 12.4. The molecule has 2 aromatic rings. The molecular weight excluding hydrogens is 278 g/mol. The van der Waals surface area contributed by atoms with Gasteiger partial charge in [-0.2, -0.15) is 0 Å². The molecule has 116 valence electrons. The lowest BCUT2D eigenvalue weighted by molar-refractivity contribution is -0.123. The Bertz CT molecular complexity index is 680. The van der Waals surface area contributed by atoms with E-state index in [1.54, 1.807) is 13.3 Å². The minimum absolute atomic E-state index is 0.0893. The largest absolute Gasteiger partial charge is 0.496 e. The van der Waals surface area contributed by atoms with E-state index in [4.69, 9.17) is 4.74 Å². The predicted octanol–water partition coefficient (Wildman–Crippen LogP) is 2.29. The van der Waals surface area contributed by atoms with Gasteiger partial charge in [-0.25, -0.2) is 4.98 Å². The van der Waals surface area contributed by atoms with Gasteiger partial charge in [0.15, 0.2) is 0 Å². The fourth-order valence-corrected chi connectivity index (χ4v) is 2.78. The van der Waals surface area contributed by atoms with E-state index in [1.807, 2.05) is 42.1 Å². The van der Waals surface area contributed by atoms with Crippen LogP contribution < -0.4 is 10.1 Å². The number of nitrogens with zero attached hydrogens (tertiary/aromatic N) is 2. The highest BCUT2D eigenvalue weighted by Crippen LogP contribution is 2.39. The van der Waals surface area contributed by atoms with Crippen LogP contribution in [0.5, 0.6) is 5.75 Å². The lowest BCUT2D eigenvalue weighted by Crippen LogP contribution is -2.32. The number of amides is 1. The molecule has 3 atom stereocenters. The van der Waals surface area contributed by atoms with Gasteiger partial charge in [0, 0.05) is 30.9 Å². The van der Waals surface area contributed by atoms with Crippen molar-refractivity contribution in [2.45, 2.75) is 19.4 Å². The Morgan fingerprint density at radius 2 is 2.18 bits per heavy atom. The zero-order chi connectivity index (χ0) is 15.7. The monoisotopic (exact) mass is 299 g/mol. The molecule has 1 aromatic carbocycles. The van der Waals surface area contributed by atoms with Crippen LogP contribution in [0.4, 0.5) is 0 Å².